The Balaban J connectivity index is 1.22. The Labute approximate surface area is 371 Å². The van der Waals surface area contributed by atoms with Gasteiger partial charge in [-0.1, -0.05) is 0 Å². The van der Waals surface area contributed by atoms with Gasteiger partial charge >= 0.3 is 248 Å². The van der Waals surface area contributed by atoms with Gasteiger partial charge in [-0.15, -0.1) is 0 Å². The number of piperazine rings is 1. The molecule has 3 aliphatic heterocycles. The number of likely N-dealkylation sites (tertiary alicyclic amines) is 1. The summed E-state index contributed by atoms with van der Waals surface area (Å²) in [5.74, 6) is -1.81. The van der Waals surface area contributed by atoms with Crippen LogP contribution in [0.5, 0.6) is 6.01 Å². The quantitative estimate of drug-likeness (QED) is 0.0966. The third-order valence-corrected chi connectivity index (χ3v) is 14.2. The molecule has 0 aliphatic carbocycles. The zero-order chi connectivity index (χ0) is 43.8. The third-order valence-electron chi connectivity index (χ3n) is 10.6. The van der Waals surface area contributed by atoms with Crippen LogP contribution in [0.25, 0.3) is 32.2 Å². The van der Waals surface area contributed by atoms with Gasteiger partial charge in [-0.05, 0) is 59.4 Å². The van der Waals surface area contributed by atoms with Crippen molar-refractivity contribution in [1.29, 1.82) is 0 Å². The van der Waals surface area contributed by atoms with Crippen molar-refractivity contribution in [1.82, 2.24) is 24.8 Å². The summed E-state index contributed by atoms with van der Waals surface area (Å²) < 4.78 is 55.9. The van der Waals surface area contributed by atoms with Crippen molar-refractivity contribution >= 4 is 69.4 Å². The zero-order valence-corrected chi connectivity index (χ0v) is 38.7. The number of amides is 1. The fraction of sp³-hybridized carbons (Fsp3) is 0.571. The number of rotatable bonds is 14. The van der Waals surface area contributed by atoms with E-state index in [1.807, 2.05) is 30.6 Å². The zero-order valence-electron chi connectivity index (χ0n) is 35.0. The Morgan fingerprint density at radius 3 is 2.38 bits per heavy atom. The summed E-state index contributed by atoms with van der Waals surface area (Å²) in [5.41, 5.74) is -1.01. The molecule has 2 unspecified atom stereocenters. The number of thiazole rings is 1. The average molecular weight is 1070 g/mol. The summed E-state index contributed by atoms with van der Waals surface area (Å²) in [6.45, 7) is 14.1. The van der Waals surface area contributed by atoms with Crippen LogP contribution in [0.1, 0.15) is 80.1 Å². The second kappa shape index (κ2) is 18.6. The SMILES string of the molecule is CC(C)(C)O[C](=O)[Au][c]1nc2c(-c3c(Cl)cc4c(N5CC6CCC(C5)N6C(=O)OC(C)(C)C)nc(OC[C@@H]5CCCN5CCCOCCC(=O)O)nc4c3F)ccc(F)c2s1. The molecule has 1 amide bonds. The molecule has 3 saturated heterocycles. The molecule has 19 heteroatoms. The molecular formula is C42H51AuClF2N6O8S. The van der Waals surface area contributed by atoms with Crippen molar-refractivity contribution in [2.24, 2.45) is 0 Å². The summed E-state index contributed by atoms with van der Waals surface area (Å²) in [7, 11) is 0. The van der Waals surface area contributed by atoms with Crippen LogP contribution in [-0.4, -0.2) is 121 Å². The third kappa shape index (κ3) is 10.7. The predicted molar refractivity (Wildman–Crippen MR) is 224 cm³/mol. The normalized spacial score (nSPS) is 19.7. The van der Waals surface area contributed by atoms with Gasteiger partial charge in [0.05, 0.1) is 13.0 Å². The van der Waals surface area contributed by atoms with Crippen molar-refractivity contribution < 1.29 is 67.0 Å². The van der Waals surface area contributed by atoms with Gasteiger partial charge in [-0.3, -0.25) is 14.6 Å². The van der Waals surface area contributed by atoms with E-state index in [1.54, 1.807) is 26.8 Å². The fourth-order valence-electron chi connectivity index (χ4n) is 8.03. The van der Waals surface area contributed by atoms with E-state index >= 15 is 8.78 Å². The first-order chi connectivity index (χ1) is 28.8. The van der Waals surface area contributed by atoms with E-state index in [-0.39, 0.29) is 81.7 Å². The molecule has 0 spiro atoms. The van der Waals surface area contributed by atoms with E-state index in [0.29, 0.717) is 34.1 Å². The first kappa shape index (κ1) is 45.3. The number of fused-ring (bicyclic) bond motifs is 4. The maximum absolute atomic E-state index is 17.4. The molecule has 61 heavy (non-hydrogen) atoms. The molecule has 3 aliphatic rings. The van der Waals surface area contributed by atoms with Gasteiger partial charge < -0.3 is 14.6 Å². The number of hydrogen-bond donors (Lipinski definition) is 1. The van der Waals surface area contributed by atoms with Crippen LogP contribution < -0.4 is 12.9 Å². The van der Waals surface area contributed by atoms with Crippen LogP contribution in [0.15, 0.2) is 18.2 Å². The monoisotopic (exact) mass is 1070 g/mol. The number of anilines is 1. The molecule has 335 valence electrons. The Bertz CT molecular complexity index is 2290. The Morgan fingerprint density at radius 1 is 0.967 bits per heavy atom. The van der Waals surface area contributed by atoms with Gasteiger partial charge in [0.1, 0.15) is 5.60 Å². The summed E-state index contributed by atoms with van der Waals surface area (Å²) in [6, 6.07) is 3.95. The Morgan fingerprint density at radius 2 is 1.69 bits per heavy atom. The van der Waals surface area contributed by atoms with E-state index in [9.17, 15) is 14.4 Å². The standard InChI is InChI=1S/C37H42ClF2N6O6S.C5H9O2.Au/c1-37(2,3)52-36(49)46-21-7-8-22(46)18-45(17-21)34-25-16-26(38)29(24-9-10-27(39)33-32(24)41-20-53-33)30(40)31(25)42-35(43-34)51-19-23-6-4-12-44(23)13-5-14-50-15-11-28(47)48;1-5(2,3)7-4-6;/h9-10,16,21-23H,4-8,11-15,17-19H2,1-3H3,(H,47,48);1-3H3;/t21?,22?,23-;;/m0../s1. The van der Waals surface area contributed by atoms with Gasteiger partial charge in [0.2, 0.25) is 0 Å². The van der Waals surface area contributed by atoms with E-state index < -0.39 is 52.7 Å². The molecule has 3 fully saturated rings. The fourth-order valence-corrected chi connectivity index (χ4v) is 12.0. The van der Waals surface area contributed by atoms with E-state index in [0.717, 1.165) is 56.5 Å². The van der Waals surface area contributed by atoms with Crippen molar-refractivity contribution in [2.45, 2.75) is 109 Å². The molecule has 1 N–H and O–H groups in total. The molecule has 0 radical (unpaired) electrons. The van der Waals surface area contributed by atoms with Crippen molar-refractivity contribution in [2.75, 3.05) is 50.9 Å². The molecule has 2 aromatic heterocycles. The minimum atomic E-state index is -1.26. The minimum absolute atomic E-state index is 0.0251. The number of carboxylic acid groups (broad SMARTS) is 1. The van der Waals surface area contributed by atoms with Gasteiger partial charge in [-0.25, -0.2) is 4.79 Å². The van der Waals surface area contributed by atoms with Crippen LogP contribution >= 0.6 is 22.9 Å². The van der Waals surface area contributed by atoms with Gasteiger partial charge in [0, 0.05) is 13.2 Å². The van der Waals surface area contributed by atoms with E-state index in [2.05, 4.69) is 14.9 Å². The van der Waals surface area contributed by atoms with E-state index in [1.165, 1.54) is 12.1 Å². The van der Waals surface area contributed by atoms with E-state index in [4.69, 9.17) is 40.6 Å². The molecule has 7 rings (SSSR count). The van der Waals surface area contributed by atoms with Crippen molar-refractivity contribution in [3.8, 4) is 17.1 Å². The number of carbonyl (C=O) groups is 3. The number of nitrogens with zero attached hydrogens (tertiary/aromatic N) is 6. The second-order valence-corrected chi connectivity index (χ2v) is 22.0. The Hall–Kier alpha value is -3.71. The molecule has 4 aromatic rings. The maximum atomic E-state index is 17.4. The van der Waals surface area contributed by atoms with Gasteiger partial charge in [0.15, 0.2) is 0 Å². The summed E-state index contributed by atoms with van der Waals surface area (Å²) in [4.78, 5) is 57.2. The van der Waals surface area contributed by atoms with Crippen LogP contribution in [0, 0.1) is 11.6 Å². The summed E-state index contributed by atoms with van der Waals surface area (Å²) in [6.07, 6.45) is 3.67. The molecule has 5 heterocycles. The topological polar surface area (TPSA) is 157 Å². The van der Waals surface area contributed by atoms with Crippen LogP contribution in [-0.2, 0) is 38.8 Å². The molecule has 0 saturated carbocycles. The number of hydrogen-bond acceptors (Lipinski definition) is 13. The van der Waals surface area contributed by atoms with Gasteiger partial charge in [-0.2, -0.15) is 0 Å². The predicted octanol–water partition coefficient (Wildman–Crippen LogP) is 7.79. The summed E-state index contributed by atoms with van der Waals surface area (Å²) >= 11 is 6.78. The van der Waals surface area contributed by atoms with Crippen LogP contribution in [0.2, 0.25) is 5.02 Å². The number of benzene rings is 2. The number of carboxylic acids is 1. The molecule has 3 atom stereocenters. The first-order valence-electron chi connectivity index (χ1n) is 20.4. The molecule has 2 aromatic carbocycles. The number of aliphatic carboxylic acids is 1. The van der Waals surface area contributed by atoms with Crippen LogP contribution in [0.4, 0.5) is 24.2 Å². The number of ether oxygens (including phenoxy) is 4. The van der Waals surface area contributed by atoms with Crippen LogP contribution in [0.3, 0.4) is 0 Å². The van der Waals surface area contributed by atoms with Crippen molar-refractivity contribution in [3.05, 3.63) is 34.9 Å². The molecule has 14 nitrogen and oxygen atoms in total. The number of aromatic nitrogens is 3. The molecular weight excluding hydrogens is 1020 g/mol. The average Bonchev–Trinajstić information content (AvgIpc) is 3.87. The summed E-state index contributed by atoms with van der Waals surface area (Å²) in [5, 5.41) is 9.26. The number of halogens is 3. The first-order valence-corrected chi connectivity index (χ1v) is 23.7. The Kier molecular flexibility index (Phi) is 13.8. The number of carbonyl (C=O) groups excluding carboxylic acids is 2. The second-order valence-electron chi connectivity index (χ2n) is 17.4. The molecule has 2 bridgehead atoms. The van der Waals surface area contributed by atoms with Crippen molar-refractivity contribution in [3.63, 3.8) is 0 Å². The van der Waals surface area contributed by atoms with Gasteiger partial charge in [0.25, 0.3) is 0 Å².